The summed E-state index contributed by atoms with van der Waals surface area (Å²) in [6.45, 7) is 0. The lowest BCUT2D eigenvalue weighted by Gasteiger charge is -2.20. The maximum absolute atomic E-state index is 10.7. The van der Waals surface area contributed by atoms with E-state index >= 15 is 0 Å². The first-order valence-corrected chi connectivity index (χ1v) is 6.17. The Balaban J connectivity index is 0.00000162. The third kappa shape index (κ3) is 3.13. The van der Waals surface area contributed by atoms with Crippen LogP contribution < -0.4 is 5.73 Å². The van der Waals surface area contributed by atoms with Crippen molar-refractivity contribution in [2.75, 3.05) is 0 Å². The Labute approximate surface area is 117 Å². The van der Waals surface area contributed by atoms with E-state index in [2.05, 4.69) is 0 Å². The van der Waals surface area contributed by atoms with Crippen molar-refractivity contribution in [2.24, 2.45) is 11.7 Å². The summed E-state index contributed by atoms with van der Waals surface area (Å²) in [5.41, 5.74) is 6.92. The van der Waals surface area contributed by atoms with E-state index in [0.29, 0.717) is 16.5 Å². The molecule has 2 rings (SSSR count). The smallest absolute Gasteiger partial charge is 0.269 e. The van der Waals surface area contributed by atoms with Crippen LogP contribution in [-0.2, 0) is 0 Å². The minimum absolute atomic E-state index is 0. The molecular weight excluding hydrogens is 275 g/mol. The molecule has 0 amide bonds. The number of nitro benzene ring substituents is 1. The van der Waals surface area contributed by atoms with E-state index in [0.717, 1.165) is 12.8 Å². The van der Waals surface area contributed by atoms with Crippen molar-refractivity contribution in [1.82, 2.24) is 0 Å². The van der Waals surface area contributed by atoms with Gasteiger partial charge in [0.15, 0.2) is 0 Å². The van der Waals surface area contributed by atoms with Crippen molar-refractivity contribution in [3.63, 3.8) is 0 Å². The lowest BCUT2D eigenvalue weighted by Crippen LogP contribution is -2.19. The van der Waals surface area contributed by atoms with Crippen molar-refractivity contribution < 1.29 is 4.92 Å². The zero-order chi connectivity index (χ0) is 12.4. The fraction of sp³-hybridized carbons (Fsp3) is 0.500. The van der Waals surface area contributed by atoms with Crippen LogP contribution in [0.1, 0.15) is 37.3 Å². The Bertz CT molecular complexity index is 434. The second-order valence-corrected chi connectivity index (χ2v) is 4.94. The fourth-order valence-electron chi connectivity index (χ4n) is 2.47. The second-order valence-electron chi connectivity index (χ2n) is 4.53. The summed E-state index contributed by atoms with van der Waals surface area (Å²) in [5, 5.41) is 11.3. The minimum atomic E-state index is -0.415. The van der Waals surface area contributed by atoms with Crippen molar-refractivity contribution >= 4 is 29.7 Å². The van der Waals surface area contributed by atoms with E-state index in [1.54, 1.807) is 6.07 Å². The first kappa shape index (κ1) is 15.2. The third-order valence-electron chi connectivity index (χ3n) is 3.46. The molecule has 1 saturated carbocycles. The monoisotopic (exact) mass is 290 g/mol. The van der Waals surface area contributed by atoms with Crippen LogP contribution in [0.25, 0.3) is 0 Å². The largest absolute Gasteiger partial charge is 0.324 e. The Kier molecular flexibility index (Phi) is 5.38. The van der Waals surface area contributed by atoms with Crippen LogP contribution in [0.2, 0.25) is 5.02 Å². The summed E-state index contributed by atoms with van der Waals surface area (Å²) in [6.07, 6.45) is 4.54. The number of hydrogen-bond acceptors (Lipinski definition) is 3. The van der Waals surface area contributed by atoms with Gasteiger partial charge in [-0.15, -0.1) is 12.4 Å². The number of nitrogens with two attached hydrogens (primary N) is 1. The topological polar surface area (TPSA) is 69.2 Å². The van der Waals surface area contributed by atoms with Gasteiger partial charge in [0.25, 0.3) is 5.69 Å². The molecule has 1 atom stereocenters. The Morgan fingerprint density at radius 1 is 1.39 bits per heavy atom. The number of nitrogens with zero attached hydrogens (tertiary/aromatic N) is 1. The van der Waals surface area contributed by atoms with Gasteiger partial charge in [0.2, 0.25) is 0 Å². The van der Waals surface area contributed by atoms with E-state index in [1.807, 2.05) is 0 Å². The third-order valence-corrected chi connectivity index (χ3v) is 3.80. The van der Waals surface area contributed by atoms with Gasteiger partial charge in [-0.25, -0.2) is 0 Å². The van der Waals surface area contributed by atoms with Gasteiger partial charge < -0.3 is 5.73 Å². The number of hydrogen-bond donors (Lipinski definition) is 1. The average molecular weight is 291 g/mol. The van der Waals surface area contributed by atoms with Gasteiger partial charge >= 0.3 is 0 Å². The summed E-state index contributed by atoms with van der Waals surface area (Å²) in [7, 11) is 0. The molecule has 4 nitrogen and oxygen atoms in total. The lowest BCUT2D eigenvalue weighted by atomic mass is 9.92. The molecule has 0 radical (unpaired) electrons. The Hall–Kier alpha value is -0.840. The molecule has 1 aromatic carbocycles. The van der Waals surface area contributed by atoms with Gasteiger partial charge in [-0.3, -0.25) is 10.1 Å². The first-order valence-electron chi connectivity index (χ1n) is 5.79. The van der Waals surface area contributed by atoms with Gasteiger partial charge in [-0.1, -0.05) is 24.4 Å². The van der Waals surface area contributed by atoms with Crippen LogP contribution in [0, 0.1) is 16.0 Å². The zero-order valence-electron chi connectivity index (χ0n) is 9.84. The molecule has 1 fully saturated rings. The maximum atomic E-state index is 10.7. The van der Waals surface area contributed by atoms with E-state index in [4.69, 9.17) is 17.3 Å². The van der Waals surface area contributed by atoms with Gasteiger partial charge in [0, 0.05) is 23.2 Å². The van der Waals surface area contributed by atoms with Crippen molar-refractivity contribution in [3.05, 3.63) is 38.9 Å². The van der Waals surface area contributed by atoms with Gasteiger partial charge in [-0.05, 0) is 30.4 Å². The van der Waals surface area contributed by atoms with E-state index in [1.165, 1.54) is 25.0 Å². The molecular formula is C12H16Cl2N2O2. The summed E-state index contributed by atoms with van der Waals surface area (Å²) in [5.74, 6) is 0.398. The van der Waals surface area contributed by atoms with E-state index in [9.17, 15) is 10.1 Å². The molecule has 0 unspecified atom stereocenters. The zero-order valence-corrected chi connectivity index (χ0v) is 11.4. The van der Waals surface area contributed by atoms with Crippen LogP contribution in [0.5, 0.6) is 0 Å². The highest BCUT2D eigenvalue weighted by Crippen LogP contribution is 2.37. The molecule has 1 aliphatic rings. The number of nitro groups is 1. The molecule has 1 aromatic rings. The summed E-state index contributed by atoms with van der Waals surface area (Å²) < 4.78 is 0. The summed E-state index contributed by atoms with van der Waals surface area (Å²) >= 11 is 6.07. The Morgan fingerprint density at radius 3 is 2.56 bits per heavy atom. The van der Waals surface area contributed by atoms with Crippen LogP contribution in [0.15, 0.2) is 18.2 Å². The standard InChI is InChI=1S/C12H15ClN2O2.ClH/c13-11-6-5-9(15(16)17)7-10(11)12(14)8-3-1-2-4-8;/h5-8,12H,1-4,14H2;1H/t12-;/m1./s1. The normalized spacial score (nSPS) is 17.2. The van der Waals surface area contributed by atoms with Crippen molar-refractivity contribution in [2.45, 2.75) is 31.7 Å². The highest BCUT2D eigenvalue weighted by molar-refractivity contribution is 6.31. The molecule has 0 heterocycles. The Morgan fingerprint density at radius 2 is 2.00 bits per heavy atom. The molecule has 2 N–H and O–H groups in total. The predicted molar refractivity (Wildman–Crippen MR) is 74.2 cm³/mol. The first-order chi connectivity index (χ1) is 8.09. The van der Waals surface area contributed by atoms with E-state index < -0.39 is 4.92 Å². The molecule has 1 aliphatic carbocycles. The van der Waals surface area contributed by atoms with Crippen molar-refractivity contribution in [3.8, 4) is 0 Å². The average Bonchev–Trinajstić information content (AvgIpc) is 2.81. The number of halogens is 2. The van der Waals surface area contributed by atoms with Crippen molar-refractivity contribution in [1.29, 1.82) is 0 Å². The van der Waals surface area contributed by atoms with Crippen LogP contribution >= 0.6 is 24.0 Å². The van der Waals surface area contributed by atoms with Gasteiger partial charge in [0.05, 0.1) is 4.92 Å². The molecule has 0 spiro atoms. The van der Waals surface area contributed by atoms with Crippen LogP contribution in [0.4, 0.5) is 5.69 Å². The number of rotatable bonds is 3. The molecule has 100 valence electrons. The predicted octanol–water partition coefficient (Wildman–Crippen LogP) is 3.86. The molecule has 0 aromatic heterocycles. The molecule has 0 saturated heterocycles. The molecule has 18 heavy (non-hydrogen) atoms. The SMILES string of the molecule is Cl.N[C@@H](c1cc([N+](=O)[O-])ccc1Cl)C1CCCC1. The second kappa shape index (κ2) is 6.36. The maximum Gasteiger partial charge on any atom is 0.269 e. The summed E-state index contributed by atoms with van der Waals surface area (Å²) in [4.78, 5) is 10.3. The lowest BCUT2D eigenvalue weighted by molar-refractivity contribution is -0.384. The van der Waals surface area contributed by atoms with Gasteiger partial charge in [0.1, 0.15) is 0 Å². The molecule has 6 heteroatoms. The van der Waals surface area contributed by atoms with Gasteiger partial charge in [-0.2, -0.15) is 0 Å². The van der Waals surface area contributed by atoms with Crippen LogP contribution in [-0.4, -0.2) is 4.92 Å². The molecule has 0 aliphatic heterocycles. The number of non-ortho nitro benzene ring substituents is 1. The fourth-order valence-corrected chi connectivity index (χ4v) is 2.71. The summed E-state index contributed by atoms with van der Waals surface area (Å²) in [6, 6.07) is 4.28. The molecule has 0 bridgehead atoms. The number of benzene rings is 1. The van der Waals surface area contributed by atoms with Crippen LogP contribution in [0.3, 0.4) is 0 Å². The highest BCUT2D eigenvalue weighted by atomic mass is 35.5. The minimum Gasteiger partial charge on any atom is -0.324 e. The quantitative estimate of drug-likeness (QED) is 0.679. The highest BCUT2D eigenvalue weighted by Gasteiger charge is 2.26. The van der Waals surface area contributed by atoms with E-state index in [-0.39, 0.29) is 24.1 Å².